The number of ether oxygens (including phenoxy) is 1. The van der Waals surface area contributed by atoms with Gasteiger partial charge in [0.15, 0.2) is 0 Å². The third kappa shape index (κ3) is 3.29. The Kier molecular flexibility index (Phi) is 4.31. The number of halogens is 2. The number of aromatic nitrogens is 1. The van der Waals surface area contributed by atoms with Crippen LogP contribution in [0, 0.1) is 12.7 Å². The molecule has 1 heterocycles. The van der Waals surface area contributed by atoms with Crippen LogP contribution in [-0.4, -0.2) is 4.98 Å². The summed E-state index contributed by atoms with van der Waals surface area (Å²) >= 11 is 3.32. The van der Waals surface area contributed by atoms with Crippen molar-refractivity contribution in [1.82, 2.24) is 4.98 Å². The van der Waals surface area contributed by atoms with Gasteiger partial charge in [-0.1, -0.05) is 22.0 Å². The maximum Gasteiger partial charge on any atom is 0.130 e. The van der Waals surface area contributed by atoms with Crippen molar-refractivity contribution in [2.24, 2.45) is 0 Å². The number of alkyl halides is 1. The molecule has 0 N–H and O–H groups in total. The number of rotatable bonds is 4. The summed E-state index contributed by atoms with van der Waals surface area (Å²) in [7, 11) is 0. The molecule has 2 rings (SSSR count). The monoisotopic (exact) mass is 309 g/mol. The van der Waals surface area contributed by atoms with Gasteiger partial charge in [-0.2, -0.15) is 0 Å². The molecule has 0 saturated carbocycles. The Bertz CT molecular complexity index is 545. The number of hydrogen-bond acceptors (Lipinski definition) is 2. The lowest BCUT2D eigenvalue weighted by Crippen LogP contribution is -2.01. The predicted molar refractivity (Wildman–Crippen MR) is 72.3 cm³/mol. The lowest BCUT2D eigenvalue weighted by molar-refractivity contribution is 0.298. The zero-order chi connectivity index (χ0) is 13.0. The summed E-state index contributed by atoms with van der Waals surface area (Å²) < 4.78 is 18.7. The first-order valence-corrected chi connectivity index (χ1v) is 6.71. The Morgan fingerprint density at radius 1 is 1.28 bits per heavy atom. The van der Waals surface area contributed by atoms with Crippen LogP contribution in [0.2, 0.25) is 0 Å². The normalized spacial score (nSPS) is 10.4. The summed E-state index contributed by atoms with van der Waals surface area (Å²) in [5.74, 6) is 0.419. The fraction of sp³-hybridized carbons (Fsp3) is 0.214. The van der Waals surface area contributed by atoms with E-state index in [1.165, 1.54) is 12.1 Å². The molecule has 0 amide bonds. The standard InChI is InChI=1S/C14H13BrFNO/c1-10-3-2-4-13(17-10)9-18-14-6-5-12(16)7-11(14)8-15/h2-7H,8-9H2,1H3. The van der Waals surface area contributed by atoms with Gasteiger partial charge in [-0.15, -0.1) is 0 Å². The van der Waals surface area contributed by atoms with Gasteiger partial charge in [0.05, 0.1) is 5.69 Å². The van der Waals surface area contributed by atoms with E-state index in [0.29, 0.717) is 17.7 Å². The van der Waals surface area contributed by atoms with Crippen molar-refractivity contribution in [1.29, 1.82) is 0 Å². The van der Waals surface area contributed by atoms with Crippen LogP contribution in [0.4, 0.5) is 4.39 Å². The van der Waals surface area contributed by atoms with Crippen LogP contribution >= 0.6 is 15.9 Å². The van der Waals surface area contributed by atoms with Gasteiger partial charge in [-0.3, -0.25) is 4.98 Å². The molecule has 1 aromatic carbocycles. The highest BCUT2D eigenvalue weighted by molar-refractivity contribution is 9.08. The third-order valence-electron chi connectivity index (χ3n) is 2.49. The quantitative estimate of drug-likeness (QED) is 0.796. The molecule has 0 aliphatic carbocycles. The first-order valence-electron chi connectivity index (χ1n) is 5.59. The average molecular weight is 310 g/mol. The second-order valence-electron chi connectivity index (χ2n) is 3.94. The van der Waals surface area contributed by atoms with Crippen molar-refractivity contribution in [3.63, 3.8) is 0 Å². The van der Waals surface area contributed by atoms with E-state index >= 15 is 0 Å². The van der Waals surface area contributed by atoms with E-state index in [1.807, 2.05) is 25.1 Å². The second kappa shape index (κ2) is 5.96. The Labute approximate surface area is 114 Å². The van der Waals surface area contributed by atoms with Crippen molar-refractivity contribution in [2.75, 3.05) is 0 Å². The minimum Gasteiger partial charge on any atom is -0.487 e. The molecule has 0 atom stereocenters. The molecule has 1 aromatic heterocycles. The molecule has 2 nitrogen and oxygen atoms in total. The van der Waals surface area contributed by atoms with Gasteiger partial charge < -0.3 is 4.74 Å². The van der Waals surface area contributed by atoms with E-state index in [1.54, 1.807) is 6.07 Å². The van der Waals surface area contributed by atoms with E-state index in [0.717, 1.165) is 17.0 Å². The smallest absolute Gasteiger partial charge is 0.130 e. The minimum atomic E-state index is -0.259. The first-order chi connectivity index (χ1) is 8.69. The molecule has 0 aliphatic heterocycles. The summed E-state index contributed by atoms with van der Waals surface area (Å²) in [5.41, 5.74) is 2.61. The van der Waals surface area contributed by atoms with E-state index in [-0.39, 0.29) is 5.82 Å². The van der Waals surface area contributed by atoms with Gasteiger partial charge in [-0.05, 0) is 37.3 Å². The molecule has 2 aromatic rings. The molecule has 0 spiro atoms. The van der Waals surface area contributed by atoms with Crippen LogP contribution in [-0.2, 0) is 11.9 Å². The summed E-state index contributed by atoms with van der Waals surface area (Å²) in [4.78, 5) is 4.35. The molecule has 4 heteroatoms. The molecular formula is C14H13BrFNO. The zero-order valence-electron chi connectivity index (χ0n) is 9.99. The average Bonchev–Trinajstić information content (AvgIpc) is 2.37. The SMILES string of the molecule is Cc1cccc(COc2ccc(F)cc2CBr)n1. The predicted octanol–water partition coefficient (Wildman–Crippen LogP) is 4.00. The lowest BCUT2D eigenvalue weighted by atomic mass is 10.2. The Balaban J connectivity index is 2.10. The van der Waals surface area contributed by atoms with E-state index in [4.69, 9.17) is 4.74 Å². The number of hydrogen-bond donors (Lipinski definition) is 0. The van der Waals surface area contributed by atoms with Crippen LogP contribution in [0.15, 0.2) is 36.4 Å². The maximum absolute atomic E-state index is 13.1. The van der Waals surface area contributed by atoms with E-state index < -0.39 is 0 Å². The zero-order valence-corrected chi connectivity index (χ0v) is 11.6. The fourth-order valence-corrected chi connectivity index (χ4v) is 2.06. The molecule has 0 aliphatic rings. The van der Waals surface area contributed by atoms with Crippen LogP contribution < -0.4 is 4.74 Å². The van der Waals surface area contributed by atoms with Crippen molar-refractivity contribution >= 4 is 15.9 Å². The summed E-state index contributed by atoms with van der Waals surface area (Å²) in [6.07, 6.45) is 0. The van der Waals surface area contributed by atoms with E-state index in [9.17, 15) is 4.39 Å². The molecule has 0 unspecified atom stereocenters. The van der Waals surface area contributed by atoms with Gasteiger partial charge in [-0.25, -0.2) is 4.39 Å². The molecular weight excluding hydrogens is 297 g/mol. The lowest BCUT2D eigenvalue weighted by Gasteiger charge is -2.10. The second-order valence-corrected chi connectivity index (χ2v) is 4.51. The highest BCUT2D eigenvalue weighted by atomic mass is 79.9. The molecule has 94 valence electrons. The maximum atomic E-state index is 13.1. The van der Waals surface area contributed by atoms with Crippen molar-refractivity contribution in [3.8, 4) is 5.75 Å². The largest absolute Gasteiger partial charge is 0.487 e. The first kappa shape index (κ1) is 13.0. The van der Waals surface area contributed by atoms with Crippen molar-refractivity contribution < 1.29 is 9.13 Å². The molecule has 0 bridgehead atoms. The van der Waals surface area contributed by atoms with Gasteiger partial charge in [0.25, 0.3) is 0 Å². The van der Waals surface area contributed by atoms with Crippen LogP contribution in [0.3, 0.4) is 0 Å². The Morgan fingerprint density at radius 3 is 2.83 bits per heavy atom. The molecule has 18 heavy (non-hydrogen) atoms. The fourth-order valence-electron chi connectivity index (χ4n) is 1.62. The van der Waals surface area contributed by atoms with Crippen LogP contribution in [0.1, 0.15) is 17.0 Å². The highest BCUT2D eigenvalue weighted by Crippen LogP contribution is 2.23. The summed E-state index contributed by atoms with van der Waals surface area (Å²) in [6, 6.07) is 10.3. The van der Waals surface area contributed by atoms with Gasteiger partial charge >= 0.3 is 0 Å². The van der Waals surface area contributed by atoms with Crippen LogP contribution in [0.25, 0.3) is 0 Å². The summed E-state index contributed by atoms with van der Waals surface area (Å²) in [6.45, 7) is 2.32. The van der Waals surface area contributed by atoms with Crippen molar-refractivity contribution in [3.05, 3.63) is 59.2 Å². The third-order valence-corrected chi connectivity index (χ3v) is 3.09. The molecule has 0 saturated heterocycles. The molecule has 0 radical (unpaired) electrons. The Morgan fingerprint density at radius 2 is 2.11 bits per heavy atom. The number of pyridine rings is 1. The van der Waals surface area contributed by atoms with Gasteiger partial charge in [0.2, 0.25) is 0 Å². The summed E-state index contributed by atoms with van der Waals surface area (Å²) in [5, 5.41) is 0.557. The molecule has 0 fully saturated rings. The number of benzene rings is 1. The Hall–Kier alpha value is -1.42. The van der Waals surface area contributed by atoms with Crippen LogP contribution in [0.5, 0.6) is 5.75 Å². The van der Waals surface area contributed by atoms with Gasteiger partial charge in [0, 0.05) is 16.6 Å². The number of aryl methyl sites for hydroxylation is 1. The van der Waals surface area contributed by atoms with Gasteiger partial charge in [0.1, 0.15) is 18.2 Å². The van der Waals surface area contributed by atoms with E-state index in [2.05, 4.69) is 20.9 Å². The number of nitrogens with zero attached hydrogens (tertiary/aromatic N) is 1. The minimum absolute atomic E-state index is 0.259. The topological polar surface area (TPSA) is 22.1 Å². The highest BCUT2D eigenvalue weighted by Gasteiger charge is 2.05. The van der Waals surface area contributed by atoms with Crippen molar-refractivity contribution in [2.45, 2.75) is 18.9 Å².